The molecule has 1 unspecified atom stereocenters. The number of benzene rings is 1. The highest BCUT2D eigenvalue weighted by atomic mass is 32.1. The molecule has 7 nitrogen and oxygen atoms in total. The predicted octanol–water partition coefficient (Wildman–Crippen LogP) is 4.88. The van der Waals surface area contributed by atoms with Crippen LogP contribution in [0.4, 0.5) is 9.80 Å². The molecule has 2 amide bonds. The zero-order valence-electron chi connectivity index (χ0n) is 19.0. The van der Waals surface area contributed by atoms with Gasteiger partial charge in [-0.3, -0.25) is 9.78 Å². The van der Waals surface area contributed by atoms with Gasteiger partial charge < -0.3 is 15.0 Å². The Balaban J connectivity index is 1.35. The van der Waals surface area contributed by atoms with Gasteiger partial charge in [-0.2, -0.15) is 5.26 Å². The van der Waals surface area contributed by atoms with Crippen LogP contribution in [-0.4, -0.2) is 35.0 Å². The van der Waals surface area contributed by atoms with Crippen LogP contribution in [0, 0.1) is 11.3 Å². The summed E-state index contributed by atoms with van der Waals surface area (Å²) in [6, 6.07) is 15.9. The molecule has 1 N–H and O–H groups in total. The van der Waals surface area contributed by atoms with Crippen molar-refractivity contribution in [3.8, 4) is 6.07 Å². The highest BCUT2D eigenvalue weighted by Crippen LogP contribution is 2.37. The van der Waals surface area contributed by atoms with E-state index in [2.05, 4.69) is 16.4 Å². The van der Waals surface area contributed by atoms with Gasteiger partial charge in [0.25, 0.3) is 0 Å². The van der Waals surface area contributed by atoms with Crippen molar-refractivity contribution in [2.75, 3.05) is 18.5 Å². The molecule has 0 radical (unpaired) electrons. The fourth-order valence-corrected chi connectivity index (χ4v) is 5.24. The lowest BCUT2D eigenvalue weighted by Gasteiger charge is -2.26. The Hall–Kier alpha value is -3.70. The first kappa shape index (κ1) is 23.5. The second-order valence-corrected chi connectivity index (χ2v) is 9.39. The molecule has 2 aromatic heterocycles. The molecular weight excluding hydrogens is 448 g/mol. The van der Waals surface area contributed by atoms with E-state index in [1.807, 2.05) is 49.4 Å². The van der Waals surface area contributed by atoms with E-state index >= 15 is 0 Å². The van der Waals surface area contributed by atoms with E-state index < -0.39 is 0 Å². The quantitative estimate of drug-likeness (QED) is 0.526. The van der Waals surface area contributed by atoms with Crippen LogP contribution in [0.1, 0.15) is 46.4 Å². The van der Waals surface area contributed by atoms with E-state index in [9.17, 15) is 14.9 Å². The summed E-state index contributed by atoms with van der Waals surface area (Å²) in [6.07, 6.45) is 4.58. The molecule has 8 heteroatoms. The summed E-state index contributed by atoms with van der Waals surface area (Å²) in [6.45, 7) is 3.14. The topological polar surface area (TPSA) is 95.3 Å². The molecule has 0 saturated heterocycles. The van der Waals surface area contributed by atoms with Crippen molar-refractivity contribution < 1.29 is 14.3 Å². The number of ether oxygens (including phenoxy) is 1. The Morgan fingerprint density at radius 1 is 1.26 bits per heavy atom. The van der Waals surface area contributed by atoms with Crippen molar-refractivity contribution in [3.05, 3.63) is 82.0 Å². The van der Waals surface area contributed by atoms with Crippen LogP contribution in [0.2, 0.25) is 0 Å². The number of nitrogens with one attached hydrogen (secondary N) is 1. The average molecular weight is 475 g/mol. The van der Waals surface area contributed by atoms with Crippen LogP contribution in [0.15, 0.2) is 54.9 Å². The Bertz CT molecular complexity index is 1190. The van der Waals surface area contributed by atoms with Gasteiger partial charge in [-0.15, -0.1) is 11.3 Å². The number of aromatic nitrogens is 1. The third-order valence-electron chi connectivity index (χ3n) is 5.88. The van der Waals surface area contributed by atoms with E-state index in [-0.39, 0.29) is 24.5 Å². The Labute approximate surface area is 203 Å². The summed E-state index contributed by atoms with van der Waals surface area (Å²) in [5.41, 5.74) is 3.53. The van der Waals surface area contributed by atoms with Gasteiger partial charge in [0.1, 0.15) is 11.1 Å². The van der Waals surface area contributed by atoms with Gasteiger partial charge in [0.2, 0.25) is 5.91 Å². The standard InChI is InChI=1S/C26H26N4O3S/c1-18(20-7-3-2-4-8-20)14-24(31)29-25-22(15-27)21-9-12-30(17-23(21)34-25)26(32)33-13-10-19-6-5-11-28-16-19/h2-8,11,16,18H,9-10,12-14,17H2,1H3,(H,29,31). The Morgan fingerprint density at radius 3 is 2.82 bits per heavy atom. The minimum atomic E-state index is -0.372. The molecule has 0 aliphatic carbocycles. The zero-order valence-corrected chi connectivity index (χ0v) is 19.8. The lowest BCUT2D eigenvalue weighted by atomic mass is 9.97. The average Bonchev–Trinajstić information content (AvgIpc) is 3.20. The lowest BCUT2D eigenvalue weighted by molar-refractivity contribution is -0.116. The fourth-order valence-electron chi connectivity index (χ4n) is 4.01. The molecule has 1 aromatic carbocycles. The molecule has 1 aliphatic heterocycles. The number of anilines is 1. The third kappa shape index (κ3) is 5.61. The van der Waals surface area contributed by atoms with Gasteiger partial charge in [-0.25, -0.2) is 4.79 Å². The molecule has 3 aromatic rings. The van der Waals surface area contributed by atoms with E-state index in [0.29, 0.717) is 42.9 Å². The second-order valence-electron chi connectivity index (χ2n) is 8.28. The van der Waals surface area contributed by atoms with E-state index in [1.54, 1.807) is 17.3 Å². The maximum atomic E-state index is 12.7. The summed E-state index contributed by atoms with van der Waals surface area (Å²) in [5.74, 6) is -0.0589. The van der Waals surface area contributed by atoms with Crippen molar-refractivity contribution in [1.82, 2.24) is 9.88 Å². The first-order valence-corrected chi connectivity index (χ1v) is 12.1. The van der Waals surface area contributed by atoms with Gasteiger partial charge in [-0.1, -0.05) is 43.3 Å². The lowest BCUT2D eigenvalue weighted by Crippen LogP contribution is -2.36. The molecule has 174 valence electrons. The number of carbonyl (C=O) groups excluding carboxylic acids is 2. The first-order valence-electron chi connectivity index (χ1n) is 11.2. The van der Waals surface area contributed by atoms with Crippen molar-refractivity contribution in [3.63, 3.8) is 0 Å². The smallest absolute Gasteiger partial charge is 0.410 e. The third-order valence-corrected chi connectivity index (χ3v) is 7.01. The molecular formula is C26H26N4O3S. The number of amides is 2. The van der Waals surface area contributed by atoms with Crippen LogP contribution >= 0.6 is 11.3 Å². The number of fused-ring (bicyclic) bond motifs is 1. The number of rotatable bonds is 7. The molecule has 4 rings (SSSR count). The van der Waals surface area contributed by atoms with Gasteiger partial charge in [-0.05, 0) is 35.1 Å². The van der Waals surface area contributed by atoms with Gasteiger partial charge >= 0.3 is 6.09 Å². The van der Waals surface area contributed by atoms with Crippen LogP contribution in [-0.2, 0) is 28.9 Å². The van der Waals surface area contributed by atoms with E-state index in [1.165, 1.54) is 11.3 Å². The monoisotopic (exact) mass is 474 g/mol. The summed E-state index contributed by atoms with van der Waals surface area (Å²) in [7, 11) is 0. The zero-order chi connectivity index (χ0) is 23.9. The molecule has 0 spiro atoms. The summed E-state index contributed by atoms with van der Waals surface area (Å²) in [5, 5.41) is 13.2. The van der Waals surface area contributed by atoms with Crippen LogP contribution < -0.4 is 5.32 Å². The van der Waals surface area contributed by atoms with Crippen molar-refractivity contribution in [1.29, 1.82) is 5.26 Å². The molecule has 3 heterocycles. The molecule has 0 bridgehead atoms. The molecule has 1 atom stereocenters. The van der Waals surface area contributed by atoms with Crippen LogP contribution in [0.3, 0.4) is 0 Å². The van der Waals surface area contributed by atoms with Crippen molar-refractivity contribution >= 4 is 28.3 Å². The minimum Gasteiger partial charge on any atom is -0.449 e. The largest absolute Gasteiger partial charge is 0.449 e. The number of pyridine rings is 1. The SMILES string of the molecule is CC(CC(=O)Nc1sc2c(c1C#N)CCN(C(=O)OCCc1cccnc1)C2)c1ccccc1. The number of carbonyl (C=O) groups is 2. The summed E-state index contributed by atoms with van der Waals surface area (Å²) >= 11 is 1.37. The number of hydrogen-bond acceptors (Lipinski definition) is 6. The van der Waals surface area contributed by atoms with Gasteiger partial charge in [0.15, 0.2) is 0 Å². The Kier molecular flexibility index (Phi) is 7.55. The number of thiophene rings is 1. The number of nitrogens with zero attached hydrogens (tertiary/aromatic N) is 3. The molecule has 0 fully saturated rings. The predicted molar refractivity (Wildman–Crippen MR) is 131 cm³/mol. The highest BCUT2D eigenvalue weighted by molar-refractivity contribution is 7.16. The van der Waals surface area contributed by atoms with Crippen molar-refractivity contribution in [2.24, 2.45) is 0 Å². The maximum Gasteiger partial charge on any atom is 0.410 e. The van der Waals surface area contributed by atoms with Crippen LogP contribution in [0.25, 0.3) is 0 Å². The second kappa shape index (κ2) is 10.9. The molecule has 1 aliphatic rings. The highest BCUT2D eigenvalue weighted by Gasteiger charge is 2.28. The first-order chi connectivity index (χ1) is 16.5. The van der Waals surface area contributed by atoms with Gasteiger partial charge in [0.05, 0.1) is 18.7 Å². The van der Waals surface area contributed by atoms with E-state index in [0.717, 1.165) is 21.6 Å². The summed E-state index contributed by atoms with van der Waals surface area (Å²) < 4.78 is 5.44. The maximum absolute atomic E-state index is 12.7. The fraction of sp³-hybridized carbons (Fsp3) is 0.308. The minimum absolute atomic E-state index is 0.0678. The van der Waals surface area contributed by atoms with E-state index in [4.69, 9.17) is 4.74 Å². The van der Waals surface area contributed by atoms with Crippen molar-refractivity contribution in [2.45, 2.75) is 38.6 Å². The molecule has 0 saturated carbocycles. The number of hydrogen-bond donors (Lipinski definition) is 1. The van der Waals surface area contributed by atoms with Crippen LogP contribution in [0.5, 0.6) is 0 Å². The molecule has 34 heavy (non-hydrogen) atoms. The van der Waals surface area contributed by atoms with Gasteiger partial charge in [0, 0.05) is 36.7 Å². The normalized spacial score (nSPS) is 13.5. The summed E-state index contributed by atoms with van der Waals surface area (Å²) in [4.78, 5) is 31.9. The number of nitriles is 1. The Morgan fingerprint density at radius 2 is 2.09 bits per heavy atom.